The molecule has 2 fully saturated rings. The van der Waals surface area contributed by atoms with Crippen LogP contribution in [0.1, 0.15) is 32.6 Å². The predicted molar refractivity (Wildman–Crippen MR) is 119 cm³/mol. The van der Waals surface area contributed by atoms with Gasteiger partial charge in [0.15, 0.2) is 16.4 Å². The number of quaternary nitrogens is 1. The number of aliphatic hydroxyl groups excluding tert-OH is 2. The maximum atomic E-state index is 11.1. The summed E-state index contributed by atoms with van der Waals surface area (Å²) < 4.78 is 5.78. The monoisotopic (exact) mass is 455 g/mol. The number of unbranched alkanes of at least 4 members (excludes halogenated alkanes) is 3. The van der Waals surface area contributed by atoms with Gasteiger partial charge in [-0.3, -0.25) is 4.98 Å². The Morgan fingerprint density at radius 3 is 2.70 bits per heavy atom. The van der Waals surface area contributed by atoms with Crippen molar-refractivity contribution in [2.24, 2.45) is 4.99 Å². The molecule has 4 rings (SSSR count). The minimum Gasteiger partial charge on any atom is -0.394 e. The largest absolute Gasteiger partial charge is 0.394 e. The van der Waals surface area contributed by atoms with E-state index >= 15 is 0 Å². The van der Waals surface area contributed by atoms with Gasteiger partial charge in [-0.15, -0.1) is 0 Å². The smallest absolute Gasteiger partial charge is 0.325 e. The predicted octanol–water partition coefficient (Wildman–Crippen LogP) is 0.809. The fourth-order valence-electron chi connectivity index (χ4n) is 4.28. The maximum Gasteiger partial charge on any atom is 0.325 e. The molecule has 0 amide bonds. The van der Waals surface area contributed by atoms with Gasteiger partial charge in [0.05, 0.1) is 11.6 Å². The lowest BCUT2D eigenvalue weighted by atomic mass is 10.1. The number of hydrogen-bond donors (Lipinski definition) is 6. The molecule has 0 bridgehead atoms. The summed E-state index contributed by atoms with van der Waals surface area (Å²) in [7, 11) is 0. The molecule has 0 radical (unpaired) electrons. The van der Waals surface area contributed by atoms with Gasteiger partial charge in [-0.1, -0.05) is 37.3 Å². The molecule has 164 valence electrons. The third-order valence-corrected chi connectivity index (χ3v) is 6.34. The van der Waals surface area contributed by atoms with Gasteiger partial charge in [-0.2, -0.15) is 9.48 Å². The summed E-state index contributed by atoms with van der Waals surface area (Å²) in [5.41, 5.74) is -1.15. The van der Waals surface area contributed by atoms with Crippen molar-refractivity contribution in [3.05, 3.63) is 4.64 Å². The number of aliphatic imine (C=N–C) groups is 1. The van der Waals surface area contributed by atoms with Gasteiger partial charge in [0.25, 0.3) is 6.23 Å². The number of thiocarbonyl (C=S) groups is 1. The Labute approximate surface area is 184 Å². The highest BCUT2D eigenvalue weighted by molar-refractivity contribution is 7.80. The molecule has 4 heterocycles. The molecular formula is C18H27N6O4S2+. The molecule has 1 aromatic heterocycles. The first-order chi connectivity index (χ1) is 14.4. The van der Waals surface area contributed by atoms with Crippen molar-refractivity contribution in [2.45, 2.75) is 56.8 Å². The van der Waals surface area contributed by atoms with Crippen molar-refractivity contribution in [1.82, 2.24) is 19.8 Å². The van der Waals surface area contributed by atoms with Gasteiger partial charge in [0, 0.05) is 13.1 Å². The summed E-state index contributed by atoms with van der Waals surface area (Å²) in [5.74, 6) is 1.02. The molecule has 6 N–H and O–H groups in total. The first-order valence-corrected chi connectivity index (χ1v) is 10.9. The van der Waals surface area contributed by atoms with Gasteiger partial charge >= 0.3 is 5.72 Å². The van der Waals surface area contributed by atoms with E-state index in [1.165, 1.54) is 6.34 Å². The zero-order valence-corrected chi connectivity index (χ0v) is 18.3. The number of anilines is 1. The summed E-state index contributed by atoms with van der Waals surface area (Å²) in [6, 6.07) is 0. The van der Waals surface area contributed by atoms with E-state index in [4.69, 9.17) is 29.2 Å². The number of hydrogen-bond acceptors (Lipinski definition) is 9. The Balaban J connectivity index is 1.37. The van der Waals surface area contributed by atoms with Crippen molar-refractivity contribution in [2.75, 3.05) is 25.0 Å². The highest BCUT2D eigenvalue weighted by Gasteiger charge is 2.92. The SMILES string of the molecule is CC(=S)NCCCCCCNc1nc(=S)c2c([nH]1)[N+]1(C=N2)[C@@H]2O[C@H](CO)[C@H](O)[C@]21O. The quantitative estimate of drug-likeness (QED) is 0.138. The number of rotatable bonds is 9. The number of ether oxygens (including phenoxy) is 1. The van der Waals surface area contributed by atoms with Crippen LogP contribution in [-0.4, -0.2) is 80.5 Å². The third kappa shape index (κ3) is 3.27. The normalized spacial score (nSPS) is 32.9. The lowest BCUT2D eigenvalue weighted by molar-refractivity contribution is -0.0790. The molecule has 0 saturated carbocycles. The van der Waals surface area contributed by atoms with Crippen LogP contribution >= 0.6 is 24.4 Å². The molecule has 1 unspecified atom stereocenters. The lowest BCUT2D eigenvalue weighted by Gasteiger charge is -2.23. The minimum atomic E-state index is -1.60. The molecule has 3 aliphatic heterocycles. The van der Waals surface area contributed by atoms with Crippen molar-refractivity contribution >= 4 is 53.2 Å². The fourth-order valence-corrected chi connectivity index (χ4v) is 4.63. The van der Waals surface area contributed by atoms with Gasteiger partial charge in [0.2, 0.25) is 18.1 Å². The molecule has 3 aliphatic rings. The van der Waals surface area contributed by atoms with Crippen LogP contribution in [0.25, 0.3) is 0 Å². The zero-order chi connectivity index (χ0) is 21.5. The molecule has 1 spiro atoms. The van der Waals surface area contributed by atoms with E-state index in [0.29, 0.717) is 22.1 Å². The topological polar surface area (TPSA) is 135 Å². The number of aromatic amines is 1. The Hall–Kier alpha value is -1.54. The van der Waals surface area contributed by atoms with Crippen LogP contribution in [0.3, 0.4) is 0 Å². The number of nitrogens with one attached hydrogen (secondary N) is 3. The van der Waals surface area contributed by atoms with E-state index in [-0.39, 0.29) is 11.1 Å². The first kappa shape index (κ1) is 21.7. The Kier molecular flexibility index (Phi) is 5.92. The second-order valence-corrected chi connectivity index (χ2v) is 8.87. The van der Waals surface area contributed by atoms with Crippen molar-refractivity contribution < 1.29 is 20.1 Å². The van der Waals surface area contributed by atoms with Gasteiger partial charge < -0.3 is 30.7 Å². The summed E-state index contributed by atoms with van der Waals surface area (Å²) in [5, 5.41) is 37.2. The molecule has 10 nitrogen and oxygen atoms in total. The molecule has 2 saturated heterocycles. The van der Waals surface area contributed by atoms with Crippen molar-refractivity contribution in [3.63, 3.8) is 0 Å². The Morgan fingerprint density at radius 2 is 2.07 bits per heavy atom. The van der Waals surface area contributed by atoms with Crippen LogP contribution in [0.4, 0.5) is 17.5 Å². The zero-order valence-electron chi connectivity index (χ0n) is 16.7. The summed E-state index contributed by atoms with van der Waals surface area (Å²) in [4.78, 5) is 12.7. The number of fused-ring (bicyclic) bond motifs is 5. The molecule has 5 atom stereocenters. The van der Waals surface area contributed by atoms with Crippen LogP contribution in [0.2, 0.25) is 0 Å². The van der Waals surface area contributed by atoms with Crippen LogP contribution < -0.4 is 15.1 Å². The number of aromatic nitrogens is 2. The molecule has 0 aliphatic carbocycles. The van der Waals surface area contributed by atoms with Crippen LogP contribution in [-0.2, 0) is 4.74 Å². The summed E-state index contributed by atoms with van der Waals surface area (Å²) in [6.45, 7) is 3.13. The van der Waals surface area contributed by atoms with E-state index < -0.39 is 24.2 Å². The van der Waals surface area contributed by atoms with Crippen molar-refractivity contribution in [1.29, 1.82) is 0 Å². The first-order valence-electron chi connectivity index (χ1n) is 10.1. The van der Waals surface area contributed by atoms with Gasteiger partial charge in [-0.25, -0.2) is 4.98 Å². The van der Waals surface area contributed by atoms with Crippen molar-refractivity contribution in [3.8, 4) is 0 Å². The standard InChI is InChI=1S/C18H26N6O4S2/c1-10(29)19-6-4-2-3-5-7-20-17-22-14-12(15(30)23-17)21-9-24(14)16-18(24,27)13(26)11(8-25)28-16/h9,11,13,16,25-27H,2-8H2,1H3,(H2-,19,20,22,23,29,30)/p+1/t11-,13+,16-,18+,24?/m1/s1. The fraction of sp³-hybridized carbons (Fsp3) is 0.667. The third-order valence-electron chi connectivity index (χ3n) is 5.92. The highest BCUT2D eigenvalue weighted by atomic mass is 32.1. The van der Waals surface area contributed by atoms with E-state index in [1.807, 2.05) is 6.92 Å². The van der Waals surface area contributed by atoms with E-state index in [9.17, 15) is 15.3 Å². The molecule has 12 heteroatoms. The Bertz CT molecular complexity index is 926. The average molecular weight is 456 g/mol. The van der Waals surface area contributed by atoms with E-state index in [1.54, 1.807) is 0 Å². The molecular weight excluding hydrogens is 428 g/mol. The second kappa shape index (κ2) is 8.19. The van der Waals surface area contributed by atoms with E-state index in [0.717, 1.165) is 43.8 Å². The average Bonchev–Trinajstić information content (AvgIpc) is 2.94. The molecule has 1 aromatic rings. The van der Waals surface area contributed by atoms with E-state index in [2.05, 4.69) is 25.6 Å². The Morgan fingerprint density at radius 1 is 1.33 bits per heavy atom. The number of aliphatic hydroxyl groups is 3. The lowest BCUT2D eigenvalue weighted by Crippen LogP contribution is -2.50. The second-order valence-electron chi connectivity index (χ2n) is 7.87. The molecule has 30 heavy (non-hydrogen) atoms. The van der Waals surface area contributed by atoms with Crippen LogP contribution in [0.15, 0.2) is 4.99 Å². The van der Waals surface area contributed by atoms with Gasteiger partial charge in [-0.05, 0) is 19.8 Å². The van der Waals surface area contributed by atoms with Crippen LogP contribution in [0, 0.1) is 4.64 Å². The number of H-pyrrole nitrogens is 1. The summed E-state index contributed by atoms with van der Waals surface area (Å²) in [6.07, 6.45) is 2.92. The highest BCUT2D eigenvalue weighted by Crippen LogP contribution is 2.62. The molecule has 0 aromatic carbocycles. The maximum absolute atomic E-state index is 11.1. The van der Waals surface area contributed by atoms with Gasteiger partial charge in [0.1, 0.15) is 6.10 Å². The number of nitrogens with zero attached hydrogens (tertiary/aromatic N) is 3. The minimum absolute atomic E-state index is 0.187. The van der Waals surface area contributed by atoms with Crippen LogP contribution in [0.5, 0.6) is 0 Å². The summed E-state index contributed by atoms with van der Waals surface area (Å²) >= 11 is 10.4.